The van der Waals surface area contributed by atoms with Gasteiger partial charge in [-0.1, -0.05) is 212 Å². The van der Waals surface area contributed by atoms with Gasteiger partial charge in [-0.2, -0.15) is 0 Å². The van der Waals surface area contributed by atoms with E-state index in [0.29, 0.717) is 25.7 Å². The molecule has 1 atom stereocenters. The molecule has 0 spiro atoms. The number of unbranched alkanes of at least 4 members (excludes halogenated alkanes) is 15. The van der Waals surface area contributed by atoms with Gasteiger partial charge < -0.3 is 14.2 Å². The standard InChI is InChI=1S/C57H88O6/c1-4-7-10-13-16-19-22-25-27-28-29-31-32-35-38-41-44-47-50-56(59)62-53-54(52-61-55(58)49-46-43-40-37-34-24-21-18-15-12-9-6-3)63-57(60)51-48-45-42-39-36-33-30-26-23-20-17-14-11-8-5-2/h8-14,16-23,25,27-29,31,34,37,54H,4-7,15,24,26,30,32-33,35-36,38-53H2,1-3H3/b11-8-,12-9-,13-10-,17-14-,19-16-,21-18-,23-20-,25-22-,28-27-,31-29-,37-34-. The Hall–Kier alpha value is -4.45. The third kappa shape index (κ3) is 48.4. The average Bonchev–Trinajstić information content (AvgIpc) is 3.28. The Kier molecular flexibility index (Phi) is 46.7. The van der Waals surface area contributed by atoms with Gasteiger partial charge >= 0.3 is 17.9 Å². The SMILES string of the molecule is CC\C=C/C=C\C=C/CCCCCCCCCC(=O)OC(COC(=O)CCCC/C=C\C/C=C\C/C=C\CC)COC(=O)CCCCCCC\C=C/C=C\C=C/C=C\C=C/CCC. The van der Waals surface area contributed by atoms with Crippen molar-refractivity contribution in [1.82, 2.24) is 0 Å². The van der Waals surface area contributed by atoms with Crippen molar-refractivity contribution in [3.8, 4) is 0 Å². The molecule has 0 aliphatic heterocycles. The zero-order valence-electron chi connectivity index (χ0n) is 40.0. The maximum atomic E-state index is 12.8. The van der Waals surface area contributed by atoms with Gasteiger partial charge in [-0.3, -0.25) is 14.4 Å². The third-order valence-corrected chi connectivity index (χ3v) is 9.79. The molecule has 0 heterocycles. The van der Waals surface area contributed by atoms with E-state index in [0.717, 1.165) is 116 Å². The number of hydrogen-bond acceptors (Lipinski definition) is 6. The highest BCUT2D eigenvalue weighted by molar-refractivity contribution is 5.71. The summed E-state index contributed by atoms with van der Waals surface area (Å²) in [5.74, 6) is -1.00. The number of esters is 3. The van der Waals surface area contributed by atoms with Crippen LogP contribution in [0.5, 0.6) is 0 Å². The van der Waals surface area contributed by atoms with Crippen LogP contribution in [0.2, 0.25) is 0 Å². The number of allylic oxidation sites excluding steroid dienone is 22. The molecule has 0 saturated carbocycles. The quantitative estimate of drug-likeness (QED) is 0.0200. The Morgan fingerprint density at radius 2 is 0.698 bits per heavy atom. The van der Waals surface area contributed by atoms with E-state index >= 15 is 0 Å². The summed E-state index contributed by atoms with van der Waals surface area (Å²) < 4.78 is 16.7. The summed E-state index contributed by atoms with van der Waals surface area (Å²) in [6.07, 6.45) is 70.0. The lowest BCUT2D eigenvalue weighted by Gasteiger charge is -2.18. The topological polar surface area (TPSA) is 78.9 Å². The van der Waals surface area contributed by atoms with Crippen LogP contribution in [-0.4, -0.2) is 37.2 Å². The molecule has 6 heteroatoms. The summed E-state index contributed by atoms with van der Waals surface area (Å²) in [5, 5.41) is 0. The van der Waals surface area contributed by atoms with Gasteiger partial charge in [0.1, 0.15) is 13.2 Å². The summed E-state index contributed by atoms with van der Waals surface area (Å²) in [4.78, 5) is 37.9. The van der Waals surface area contributed by atoms with Crippen LogP contribution in [0.15, 0.2) is 134 Å². The zero-order chi connectivity index (χ0) is 45.8. The van der Waals surface area contributed by atoms with Gasteiger partial charge in [-0.25, -0.2) is 0 Å². The molecule has 63 heavy (non-hydrogen) atoms. The monoisotopic (exact) mass is 869 g/mol. The van der Waals surface area contributed by atoms with E-state index in [9.17, 15) is 14.4 Å². The Morgan fingerprint density at radius 1 is 0.349 bits per heavy atom. The number of carbonyl (C=O) groups is 3. The van der Waals surface area contributed by atoms with Crippen LogP contribution < -0.4 is 0 Å². The maximum Gasteiger partial charge on any atom is 0.306 e. The zero-order valence-corrected chi connectivity index (χ0v) is 40.0. The smallest absolute Gasteiger partial charge is 0.306 e. The van der Waals surface area contributed by atoms with Gasteiger partial charge in [0.25, 0.3) is 0 Å². The third-order valence-electron chi connectivity index (χ3n) is 9.79. The minimum absolute atomic E-state index is 0.114. The minimum atomic E-state index is -0.815. The molecular formula is C57H88O6. The second-order valence-electron chi connectivity index (χ2n) is 15.8. The molecule has 1 unspecified atom stereocenters. The molecule has 0 saturated heterocycles. The van der Waals surface area contributed by atoms with Gasteiger partial charge in [-0.05, 0) is 89.9 Å². The van der Waals surface area contributed by atoms with E-state index < -0.39 is 6.10 Å². The number of hydrogen-bond donors (Lipinski definition) is 0. The summed E-state index contributed by atoms with van der Waals surface area (Å²) >= 11 is 0. The van der Waals surface area contributed by atoms with Crippen molar-refractivity contribution >= 4 is 17.9 Å². The minimum Gasteiger partial charge on any atom is -0.462 e. The van der Waals surface area contributed by atoms with Crippen molar-refractivity contribution < 1.29 is 28.6 Å². The molecule has 0 aromatic carbocycles. The predicted octanol–water partition coefficient (Wildman–Crippen LogP) is 16.3. The van der Waals surface area contributed by atoms with Crippen LogP contribution in [0.25, 0.3) is 0 Å². The molecule has 352 valence electrons. The van der Waals surface area contributed by atoms with Gasteiger partial charge in [0.15, 0.2) is 6.10 Å². The molecule has 0 N–H and O–H groups in total. The second kappa shape index (κ2) is 50.2. The molecule has 0 aromatic rings. The van der Waals surface area contributed by atoms with Crippen molar-refractivity contribution in [1.29, 1.82) is 0 Å². The highest BCUT2D eigenvalue weighted by Crippen LogP contribution is 2.13. The van der Waals surface area contributed by atoms with Gasteiger partial charge in [0.05, 0.1) is 0 Å². The Bertz CT molecular complexity index is 1420. The van der Waals surface area contributed by atoms with E-state index in [2.05, 4.69) is 118 Å². The first-order valence-electron chi connectivity index (χ1n) is 24.8. The van der Waals surface area contributed by atoms with E-state index in [1.807, 2.05) is 36.5 Å². The first-order valence-corrected chi connectivity index (χ1v) is 24.8. The fourth-order valence-corrected chi connectivity index (χ4v) is 6.13. The van der Waals surface area contributed by atoms with Gasteiger partial charge in [-0.15, -0.1) is 0 Å². The highest BCUT2D eigenvalue weighted by atomic mass is 16.6. The van der Waals surface area contributed by atoms with Crippen molar-refractivity contribution in [2.75, 3.05) is 13.2 Å². The van der Waals surface area contributed by atoms with Crippen molar-refractivity contribution in [2.24, 2.45) is 0 Å². The van der Waals surface area contributed by atoms with Crippen molar-refractivity contribution in [2.45, 2.75) is 194 Å². The van der Waals surface area contributed by atoms with E-state index in [1.54, 1.807) is 0 Å². The summed E-state index contributed by atoms with van der Waals surface area (Å²) in [6, 6.07) is 0. The Labute approximate surface area is 385 Å². The lowest BCUT2D eigenvalue weighted by Crippen LogP contribution is -2.30. The van der Waals surface area contributed by atoms with Crippen LogP contribution in [0.3, 0.4) is 0 Å². The van der Waals surface area contributed by atoms with Crippen LogP contribution in [-0.2, 0) is 28.6 Å². The molecule has 0 amide bonds. The second-order valence-corrected chi connectivity index (χ2v) is 15.8. The molecule has 0 aliphatic carbocycles. The first kappa shape index (κ1) is 58.6. The number of carbonyl (C=O) groups excluding carboxylic acids is 3. The number of rotatable bonds is 42. The average molecular weight is 869 g/mol. The first-order chi connectivity index (χ1) is 31.0. The highest BCUT2D eigenvalue weighted by Gasteiger charge is 2.19. The molecule has 0 radical (unpaired) electrons. The predicted molar refractivity (Wildman–Crippen MR) is 269 cm³/mol. The maximum absolute atomic E-state index is 12.8. The Balaban J connectivity index is 4.53. The summed E-state index contributed by atoms with van der Waals surface area (Å²) in [6.45, 7) is 6.21. The lowest BCUT2D eigenvalue weighted by molar-refractivity contribution is -0.167. The van der Waals surface area contributed by atoms with E-state index in [1.165, 1.54) is 25.7 Å². The molecule has 0 aromatic heterocycles. The van der Waals surface area contributed by atoms with Crippen LogP contribution in [0, 0.1) is 0 Å². The molecule has 0 bridgehead atoms. The van der Waals surface area contributed by atoms with Gasteiger partial charge in [0, 0.05) is 19.3 Å². The normalized spacial score (nSPS) is 13.3. The van der Waals surface area contributed by atoms with E-state index in [-0.39, 0.29) is 31.1 Å². The van der Waals surface area contributed by atoms with Crippen LogP contribution >= 0.6 is 0 Å². The molecule has 6 nitrogen and oxygen atoms in total. The fraction of sp³-hybridized carbons (Fsp3) is 0.561. The van der Waals surface area contributed by atoms with Crippen molar-refractivity contribution in [3.63, 3.8) is 0 Å². The lowest BCUT2D eigenvalue weighted by atomic mass is 10.1. The molecule has 0 fully saturated rings. The van der Waals surface area contributed by atoms with Crippen LogP contribution in [0.4, 0.5) is 0 Å². The Morgan fingerprint density at radius 3 is 1.19 bits per heavy atom. The van der Waals surface area contributed by atoms with E-state index in [4.69, 9.17) is 14.2 Å². The largest absolute Gasteiger partial charge is 0.462 e. The summed E-state index contributed by atoms with van der Waals surface area (Å²) in [7, 11) is 0. The number of ether oxygens (including phenoxy) is 3. The summed E-state index contributed by atoms with van der Waals surface area (Å²) in [5.41, 5.74) is 0. The molecular weight excluding hydrogens is 781 g/mol. The molecule has 0 rings (SSSR count). The van der Waals surface area contributed by atoms with Gasteiger partial charge in [0.2, 0.25) is 0 Å². The van der Waals surface area contributed by atoms with Crippen molar-refractivity contribution in [3.05, 3.63) is 134 Å². The molecule has 0 aliphatic rings. The van der Waals surface area contributed by atoms with Crippen LogP contribution in [0.1, 0.15) is 188 Å². The fourth-order valence-electron chi connectivity index (χ4n) is 6.13.